The summed E-state index contributed by atoms with van der Waals surface area (Å²) >= 11 is 3.32. The first kappa shape index (κ1) is 14.2. The van der Waals surface area contributed by atoms with Crippen molar-refractivity contribution in [2.24, 2.45) is 5.92 Å². The van der Waals surface area contributed by atoms with Crippen molar-refractivity contribution in [3.8, 4) is 5.88 Å². The molecule has 0 radical (unpaired) electrons. The molecule has 0 saturated carbocycles. The van der Waals surface area contributed by atoms with E-state index in [4.69, 9.17) is 0 Å². The largest absolute Gasteiger partial charge is 0.492 e. The molecule has 0 amide bonds. The molecule has 3 aromatic rings. The highest BCUT2D eigenvalue weighted by molar-refractivity contribution is 7.17. The summed E-state index contributed by atoms with van der Waals surface area (Å²) in [5.74, 6) is 0.983. The fourth-order valence-electron chi connectivity index (χ4n) is 3.44. The molecular weight excluding hydrogens is 316 g/mol. The number of hydrogen-bond acceptors (Lipinski definition) is 5. The zero-order valence-electron chi connectivity index (χ0n) is 12.4. The summed E-state index contributed by atoms with van der Waals surface area (Å²) in [6, 6.07) is 4.46. The number of quaternary nitrogens is 1. The van der Waals surface area contributed by atoms with Gasteiger partial charge < -0.3 is 10.0 Å². The van der Waals surface area contributed by atoms with Crippen LogP contribution in [-0.2, 0) is 0 Å². The van der Waals surface area contributed by atoms with Crippen molar-refractivity contribution < 1.29 is 10.0 Å². The van der Waals surface area contributed by atoms with Crippen LogP contribution in [0.25, 0.3) is 4.96 Å². The predicted octanol–water partition coefficient (Wildman–Crippen LogP) is 1.96. The molecule has 7 heteroatoms. The van der Waals surface area contributed by atoms with Gasteiger partial charge in [-0.1, -0.05) is 24.3 Å². The molecule has 3 atom stereocenters. The van der Waals surface area contributed by atoms with E-state index in [-0.39, 0.29) is 11.9 Å². The number of nitrogens with one attached hydrogen (secondary N) is 1. The van der Waals surface area contributed by atoms with Crippen LogP contribution in [0.15, 0.2) is 23.8 Å². The Balaban J connectivity index is 1.79. The first-order chi connectivity index (χ1) is 10.7. The van der Waals surface area contributed by atoms with Crippen LogP contribution in [0.4, 0.5) is 0 Å². The Bertz CT molecular complexity index is 764. The van der Waals surface area contributed by atoms with Gasteiger partial charge in [-0.25, -0.2) is 4.98 Å². The van der Waals surface area contributed by atoms with Crippen LogP contribution in [0.5, 0.6) is 5.88 Å². The number of thiophene rings is 1. The molecule has 22 heavy (non-hydrogen) atoms. The minimum Gasteiger partial charge on any atom is -0.492 e. The van der Waals surface area contributed by atoms with Crippen LogP contribution in [0.1, 0.15) is 35.6 Å². The third-order valence-electron chi connectivity index (χ3n) is 4.44. The summed E-state index contributed by atoms with van der Waals surface area (Å²) in [4.78, 5) is 8.83. The van der Waals surface area contributed by atoms with Crippen molar-refractivity contribution in [3.63, 3.8) is 0 Å². The van der Waals surface area contributed by atoms with E-state index in [1.54, 1.807) is 32.1 Å². The van der Waals surface area contributed by atoms with Crippen molar-refractivity contribution in [2.45, 2.75) is 25.8 Å². The fraction of sp³-hybridized carbons (Fsp3) is 0.467. The molecule has 4 rings (SSSR count). The standard InChI is InChI=1S/C15H18N4OS2/c1-10-4-2-6-18(8-10)12(11-5-3-7-21-11)13-14(20)19-15(22-13)16-9-17-19/h3,5,7,9-10,12,20H,2,4,6,8H2,1H3/p+1/t10-,12-/m0/s1. The number of aromatic nitrogens is 3. The van der Waals surface area contributed by atoms with E-state index in [9.17, 15) is 5.11 Å². The number of nitrogens with zero attached hydrogens (tertiary/aromatic N) is 3. The second-order valence-corrected chi connectivity index (χ2v) is 8.04. The van der Waals surface area contributed by atoms with Crippen molar-refractivity contribution in [3.05, 3.63) is 33.6 Å². The van der Waals surface area contributed by atoms with Gasteiger partial charge in [0.15, 0.2) is 6.04 Å². The minimum atomic E-state index is 0.191. The van der Waals surface area contributed by atoms with Crippen LogP contribution < -0.4 is 4.90 Å². The number of likely N-dealkylation sites (tertiary alicyclic amines) is 1. The second-order valence-electron chi connectivity index (χ2n) is 6.05. The summed E-state index contributed by atoms with van der Waals surface area (Å²) in [7, 11) is 0. The Kier molecular flexibility index (Phi) is 3.63. The molecule has 4 heterocycles. The first-order valence-corrected chi connectivity index (χ1v) is 9.33. The molecule has 1 aliphatic rings. The Labute approximate surface area is 136 Å². The van der Waals surface area contributed by atoms with Gasteiger partial charge in [-0.2, -0.15) is 9.61 Å². The Morgan fingerprint density at radius 3 is 3.14 bits per heavy atom. The summed E-state index contributed by atoms with van der Waals surface area (Å²) in [5, 5.41) is 16.8. The van der Waals surface area contributed by atoms with Gasteiger partial charge >= 0.3 is 0 Å². The van der Waals surface area contributed by atoms with Crippen molar-refractivity contribution in [1.29, 1.82) is 0 Å². The first-order valence-electron chi connectivity index (χ1n) is 7.63. The highest BCUT2D eigenvalue weighted by Crippen LogP contribution is 2.36. The van der Waals surface area contributed by atoms with Gasteiger partial charge in [0.1, 0.15) is 11.2 Å². The molecular formula is C15H19N4OS2+. The van der Waals surface area contributed by atoms with Gasteiger partial charge in [0.25, 0.3) is 0 Å². The van der Waals surface area contributed by atoms with Crippen LogP contribution in [-0.4, -0.2) is 32.8 Å². The Morgan fingerprint density at radius 2 is 2.41 bits per heavy atom. The lowest BCUT2D eigenvalue weighted by Gasteiger charge is -2.33. The average molecular weight is 335 g/mol. The average Bonchev–Trinajstić information content (AvgIpc) is 3.21. The highest BCUT2D eigenvalue weighted by atomic mass is 32.1. The zero-order chi connectivity index (χ0) is 15.1. The molecule has 0 aromatic carbocycles. The molecule has 2 N–H and O–H groups in total. The number of aromatic hydroxyl groups is 1. The molecule has 1 unspecified atom stereocenters. The summed E-state index contributed by atoms with van der Waals surface area (Å²) in [6.45, 7) is 4.63. The van der Waals surface area contributed by atoms with E-state index in [1.165, 1.54) is 24.0 Å². The van der Waals surface area contributed by atoms with Gasteiger partial charge in [0.05, 0.1) is 18.0 Å². The van der Waals surface area contributed by atoms with E-state index in [2.05, 4.69) is 34.5 Å². The Hall–Kier alpha value is -1.44. The summed E-state index contributed by atoms with van der Waals surface area (Å²) in [5.41, 5.74) is 0. The van der Waals surface area contributed by atoms with E-state index in [0.29, 0.717) is 0 Å². The maximum absolute atomic E-state index is 10.6. The lowest BCUT2D eigenvalue weighted by atomic mass is 9.98. The van der Waals surface area contributed by atoms with E-state index >= 15 is 0 Å². The smallest absolute Gasteiger partial charge is 0.235 e. The molecule has 3 aromatic heterocycles. The quantitative estimate of drug-likeness (QED) is 0.769. The molecule has 0 aliphatic carbocycles. The van der Waals surface area contributed by atoms with Gasteiger partial charge in [-0.05, 0) is 24.3 Å². The zero-order valence-corrected chi connectivity index (χ0v) is 14.0. The topological polar surface area (TPSA) is 54.9 Å². The minimum absolute atomic E-state index is 0.191. The maximum Gasteiger partial charge on any atom is 0.235 e. The molecule has 1 aliphatic heterocycles. The van der Waals surface area contributed by atoms with Gasteiger partial charge in [0, 0.05) is 5.92 Å². The monoisotopic (exact) mass is 335 g/mol. The highest BCUT2D eigenvalue weighted by Gasteiger charge is 2.35. The Morgan fingerprint density at radius 1 is 1.50 bits per heavy atom. The van der Waals surface area contributed by atoms with Crippen LogP contribution in [0.3, 0.4) is 0 Å². The molecule has 0 bridgehead atoms. The predicted molar refractivity (Wildman–Crippen MR) is 87.8 cm³/mol. The molecule has 0 spiro atoms. The second kappa shape index (κ2) is 5.64. The van der Waals surface area contributed by atoms with E-state index < -0.39 is 0 Å². The molecule has 116 valence electrons. The summed E-state index contributed by atoms with van der Waals surface area (Å²) in [6.07, 6.45) is 4.05. The number of rotatable bonds is 3. The number of piperidine rings is 1. The maximum atomic E-state index is 10.6. The number of thiazole rings is 1. The lowest BCUT2D eigenvalue weighted by molar-refractivity contribution is -0.933. The summed E-state index contributed by atoms with van der Waals surface area (Å²) < 4.78 is 1.55. The van der Waals surface area contributed by atoms with Crippen molar-refractivity contribution in [1.82, 2.24) is 14.6 Å². The van der Waals surface area contributed by atoms with Gasteiger partial charge in [-0.15, -0.1) is 11.3 Å². The normalized spacial score (nSPS) is 23.9. The third kappa shape index (κ3) is 2.33. The molecule has 1 saturated heterocycles. The molecule has 5 nitrogen and oxygen atoms in total. The third-order valence-corrected chi connectivity index (χ3v) is 6.48. The van der Waals surface area contributed by atoms with Crippen molar-refractivity contribution in [2.75, 3.05) is 13.1 Å². The SMILES string of the molecule is C[C@H]1CCC[NH+]([C@@H](c2cccs2)c2sc3ncnn3c2O)C1. The van der Waals surface area contributed by atoms with Gasteiger partial charge in [0.2, 0.25) is 10.8 Å². The molecule has 1 fully saturated rings. The van der Waals surface area contributed by atoms with E-state index in [0.717, 1.165) is 28.8 Å². The van der Waals surface area contributed by atoms with Gasteiger partial charge in [-0.3, -0.25) is 0 Å². The van der Waals surface area contributed by atoms with E-state index in [1.807, 2.05) is 0 Å². The fourth-order valence-corrected chi connectivity index (χ4v) is 5.52. The van der Waals surface area contributed by atoms with Crippen molar-refractivity contribution >= 4 is 27.6 Å². The number of fused-ring (bicyclic) bond motifs is 1. The number of hydrogen-bond donors (Lipinski definition) is 2. The lowest BCUT2D eigenvalue weighted by Crippen LogP contribution is -3.13. The van der Waals surface area contributed by atoms with Crippen LogP contribution >= 0.6 is 22.7 Å². The van der Waals surface area contributed by atoms with Crippen LogP contribution in [0.2, 0.25) is 0 Å². The van der Waals surface area contributed by atoms with Crippen LogP contribution in [0, 0.1) is 5.92 Å².